The quantitative estimate of drug-likeness (QED) is 0.0256. The molecule has 0 saturated carbocycles. The summed E-state index contributed by atoms with van der Waals surface area (Å²) in [6.45, 7) is 12.5. The van der Waals surface area contributed by atoms with Crippen LogP contribution in [0.1, 0.15) is 295 Å². The van der Waals surface area contributed by atoms with Gasteiger partial charge in [-0.2, -0.15) is 0 Å². The van der Waals surface area contributed by atoms with E-state index in [1.165, 1.54) is 20.3 Å². The standard InChI is InChI=1S/C28H46N2O6.C26H42N2O6.C17H28N2O4.C17H27NO5/c31-25-15-7-5-11-21-29(25)19-9-1-3-13-23-35-27(33)17-18-28(34)36-24-14-4-2-10-20-30-22-12-6-8-16-26(30)32;29-23-13-6-5-9-19-27(23)17-7-1-3-10-21-33-25(31)15-16-26(32)34-22-11-4-2-8-18-28-20-12-14-24(28)30;1-23-17(22)11-10-15(20)18-12-6-2-3-7-13-19-14-8-4-5-9-16(19)21;1-22-16(20)10-11-17(21)23-14-8-3-2-6-12-18-13-7-4-5-9-15(18)19/h17-18H,1-16,19-24H2;15-16H,1-14,17-22H2;10-11H,2-9,12-14H2,1H3,(H,18,20);10-11H,2-9,12-14H2,1H3. The summed E-state index contributed by atoms with van der Waals surface area (Å²) in [5.74, 6) is -2.40. The average molecular weight is 1640 g/mol. The van der Waals surface area contributed by atoms with Gasteiger partial charge in [0.2, 0.25) is 41.4 Å². The van der Waals surface area contributed by atoms with Gasteiger partial charge in [0.1, 0.15) is 0 Å². The molecule has 6 fully saturated rings. The molecular formula is C88H143N7O21. The normalized spacial score (nSPS) is 16.4. The molecular weight excluding hydrogens is 1490 g/mol. The Labute approximate surface area is 691 Å². The minimum absolute atomic E-state index is 0.261. The van der Waals surface area contributed by atoms with Crippen LogP contribution in [0.5, 0.6) is 0 Å². The third-order valence-electron chi connectivity index (χ3n) is 20.9. The fourth-order valence-electron chi connectivity index (χ4n) is 14.0. The third kappa shape index (κ3) is 54.5. The van der Waals surface area contributed by atoms with Gasteiger partial charge >= 0.3 is 41.8 Å². The number of unbranched alkanes of at least 4 members (excludes halogenated alkanes) is 18. The molecule has 7 amide bonds. The zero-order valence-corrected chi connectivity index (χ0v) is 70.6. The van der Waals surface area contributed by atoms with Crippen molar-refractivity contribution in [3.8, 4) is 0 Å². The molecule has 6 aliphatic heterocycles. The van der Waals surface area contributed by atoms with E-state index in [0.717, 1.165) is 378 Å². The summed E-state index contributed by atoms with van der Waals surface area (Å²) in [4.78, 5) is 174. The van der Waals surface area contributed by atoms with Crippen molar-refractivity contribution in [2.24, 2.45) is 0 Å². The fourth-order valence-corrected chi connectivity index (χ4v) is 14.0. The van der Waals surface area contributed by atoms with Gasteiger partial charge in [0.25, 0.3) is 0 Å². The van der Waals surface area contributed by atoms with Gasteiger partial charge in [0, 0.05) is 172 Å². The maximum atomic E-state index is 12.0. The SMILES string of the molecule is COC(=O)C=CC(=O)NCCCCCCN1CCCCCC1=O.COC(=O)C=CC(=O)OCCCCCCN1CCCCCC1=O.O=C(C=CC(=O)OCCCCCCN1CCCC1=O)OCCCCCCN1CCCCCC1=O.O=C(C=CC(=O)OCCCCCCN1CCCCCC1=O)OCCCCCCN1CCCCCC1=O. The third-order valence-corrected chi connectivity index (χ3v) is 20.9. The molecule has 0 bridgehead atoms. The summed E-state index contributed by atoms with van der Waals surface area (Å²) < 4.78 is 34.2. The van der Waals surface area contributed by atoms with Crippen molar-refractivity contribution in [3.63, 3.8) is 0 Å². The Morgan fingerprint density at radius 2 is 0.440 bits per heavy atom. The predicted molar refractivity (Wildman–Crippen MR) is 440 cm³/mol. The Hall–Kier alpha value is -8.46. The van der Waals surface area contributed by atoms with Crippen LogP contribution in [-0.4, -0.2) is 245 Å². The maximum absolute atomic E-state index is 12.0. The molecule has 0 radical (unpaired) electrons. The molecule has 28 heteroatoms. The number of methoxy groups -OCH3 is 2. The van der Waals surface area contributed by atoms with E-state index in [0.29, 0.717) is 84.0 Å². The maximum Gasteiger partial charge on any atom is 0.331 e. The highest BCUT2D eigenvalue weighted by molar-refractivity contribution is 5.95. The number of nitrogens with one attached hydrogen (secondary N) is 1. The number of hydrogen-bond acceptors (Lipinski definition) is 21. The summed E-state index contributed by atoms with van der Waals surface area (Å²) in [6.07, 6.45) is 52.7. The Morgan fingerprint density at radius 1 is 0.241 bits per heavy atom. The van der Waals surface area contributed by atoms with Crippen LogP contribution in [-0.2, 0) is 100 Å². The van der Waals surface area contributed by atoms with Gasteiger partial charge in [-0.25, -0.2) is 33.6 Å². The topological polar surface area (TPSA) is 335 Å². The number of likely N-dealkylation sites (tertiary alicyclic amines) is 6. The zero-order valence-electron chi connectivity index (χ0n) is 70.6. The van der Waals surface area contributed by atoms with E-state index in [-0.39, 0.29) is 35.4 Å². The average Bonchev–Trinajstić information content (AvgIpc) is 1.81. The highest BCUT2D eigenvalue weighted by Crippen LogP contribution is 2.19. The second-order valence-corrected chi connectivity index (χ2v) is 30.4. The number of rotatable bonds is 50. The first-order valence-electron chi connectivity index (χ1n) is 44.1. The van der Waals surface area contributed by atoms with Crippen LogP contribution < -0.4 is 5.32 Å². The Balaban J connectivity index is 0.000000408. The first kappa shape index (κ1) is 102. The number of amides is 7. The predicted octanol–water partition coefficient (Wildman–Crippen LogP) is 12.3. The van der Waals surface area contributed by atoms with Crippen LogP contribution >= 0.6 is 0 Å². The van der Waals surface area contributed by atoms with Crippen molar-refractivity contribution in [3.05, 3.63) is 48.6 Å². The summed E-state index contributed by atoms with van der Waals surface area (Å²) >= 11 is 0. The van der Waals surface area contributed by atoms with Gasteiger partial charge in [-0.05, 0) is 180 Å². The lowest BCUT2D eigenvalue weighted by Crippen LogP contribution is -2.31. The van der Waals surface area contributed by atoms with Gasteiger partial charge in [0.15, 0.2) is 0 Å². The van der Waals surface area contributed by atoms with Gasteiger partial charge in [0.05, 0.1) is 47.3 Å². The molecule has 0 spiro atoms. The van der Waals surface area contributed by atoms with Crippen molar-refractivity contribution in [1.29, 1.82) is 0 Å². The van der Waals surface area contributed by atoms with Crippen LogP contribution in [0.2, 0.25) is 0 Å². The smallest absolute Gasteiger partial charge is 0.331 e. The highest BCUT2D eigenvalue weighted by atomic mass is 16.6. The zero-order chi connectivity index (χ0) is 84.1. The van der Waals surface area contributed by atoms with E-state index in [4.69, 9.17) is 23.7 Å². The molecule has 6 rings (SSSR count). The fraction of sp³-hybridized carbons (Fsp3) is 0.750. The molecule has 6 aliphatic rings. The van der Waals surface area contributed by atoms with Crippen molar-refractivity contribution in [2.45, 2.75) is 295 Å². The van der Waals surface area contributed by atoms with Crippen LogP contribution in [0.4, 0.5) is 0 Å². The number of ether oxygens (including phenoxy) is 7. The van der Waals surface area contributed by atoms with Gasteiger partial charge in [-0.3, -0.25) is 33.6 Å². The van der Waals surface area contributed by atoms with Crippen molar-refractivity contribution < 1.29 is 100 Å². The largest absolute Gasteiger partial charge is 0.466 e. The van der Waals surface area contributed by atoms with E-state index in [2.05, 4.69) is 14.8 Å². The van der Waals surface area contributed by atoms with Crippen molar-refractivity contribution >= 4 is 83.1 Å². The lowest BCUT2D eigenvalue weighted by atomic mass is 10.2. The van der Waals surface area contributed by atoms with E-state index in [1.807, 2.05) is 29.4 Å². The van der Waals surface area contributed by atoms with Gasteiger partial charge in [-0.15, -0.1) is 0 Å². The minimum atomic E-state index is -0.579. The Morgan fingerprint density at radius 3 is 0.664 bits per heavy atom. The number of carbonyl (C=O) groups excluding carboxylic acids is 14. The second kappa shape index (κ2) is 68.6. The lowest BCUT2D eigenvalue weighted by Gasteiger charge is -2.20. The minimum Gasteiger partial charge on any atom is -0.466 e. The number of carbonyl (C=O) groups is 14. The lowest BCUT2D eigenvalue weighted by molar-refractivity contribution is -0.140. The van der Waals surface area contributed by atoms with E-state index in [1.54, 1.807) is 0 Å². The molecule has 116 heavy (non-hydrogen) atoms. The van der Waals surface area contributed by atoms with Crippen LogP contribution in [0.15, 0.2) is 48.6 Å². The molecule has 6 saturated heterocycles. The number of hydrogen-bond donors (Lipinski definition) is 1. The Bertz CT molecular complexity index is 2860. The van der Waals surface area contributed by atoms with Crippen LogP contribution in [0.25, 0.3) is 0 Å². The molecule has 0 aromatic rings. The molecule has 1 N–H and O–H groups in total. The first-order valence-corrected chi connectivity index (χ1v) is 44.1. The van der Waals surface area contributed by atoms with Gasteiger partial charge < -0.3 is 67.9 Å². The summed E-state index contributed by atoms with van der Waals surface area (Å²) in [6, 6.07) is 0. The van der Waals surface area contributed by atoms with E-state index >= 15 is 0 Å². The highest BCUT2D eigenvalue weighted by Gasteiger charge is 2.22. The van der Waals surface area contributed by atoms with Crippen LogP contribution in [0.3, 0.4) is 0 Å². The van der Waals surface area contributed by atoms with Crippen molar-refractivity contribution in [2.75, 3.05) is 132 Å². The Kier molecular flexibility index (Phi) is 60.1. The molecule has 0 aliphatic carbocycles. The molecule has 0 unspecified atom stereocenters. The molecule has 0 aromatic heterocycles. The van der Waals surface area contributed by atoms with E-state index < -0.39 is 41.8 Å². The summed E-state index contributed by atoms with van der Waals surface area (Å²) in [7, 11) is 2.51. The molecule has 28 nitrogen and oxygen atoms in total. The van der Waals surface area contributed by atoms with Crippen molar-refractivity contribution in [1.82, 2.24) is 34.7 Å². The number of nitrogens with zero attached hydrogens (tertiary/aromatic N) is 6. The number of esters is 7. The van der Waals surface area contributed by atoms with E-state index in [9.17, 15) is 67.1 Å². The molecule has 6 heterocycles. The molecule has 656 valence electrons. The monoisotopic (exact) mass is 1630 g/mol. The summed E-state index contributed by atoms with van der Waals surface area (Å²) in [5.41, 5.74) is 0. The van der Waals surface area contributed by atoms with Crippen LogP contribution in [0, 0.1) is 0 Å². The van der Waals surface area contributed by atoms with Gasteiger partial charge in [-0.1, -0.05) is 77.0 Å². The second-order valence-electron chi connectivity index (χ2n) is 30.4. The summed E-state index contributed by atoms with van der Waals surface area (Å²) in [5, 5.41) is 2.72. The first-order chi connectivity index (χ1) is 56.4. The molecule has 0 atom stereocenters. The molecule has 0 aromatic carbocycles.